The normalized spacial score (nSPS) is 16.7. The highest BCUT2D eigenvalue weighted by Crippen LogP contribution is 2.30. The highest BCUT2D eigenvalue weighted by Gasteiger charge is 2.24. The highest BCUT2D eigenvalue weighted by molar-refractivity contribution is 6.00. The van der Waals surface area contributed by atoms with Gasteiger partial charge in [0.25, 0.3) is 5.91 Å². The van der Waals surface area contributed by atoms with Crippen molar-refractivity contribution in [2.45, 2.75) is 26.7 Å². The number of likely N-dealkylation sites (tertiary alicyclic amines) is 1. The predicted molar refractivity (Wildman–Crippen MR) is 117 cm³/mol. The number of nitrogens with one attached hydrogen (secondary N) is 1. The van der Waals surface area contributed by atoms with Crippen LogP contribution in [0.15, 0.2) is 48.5 Å². The number of nitrogens with zero attached hydrogens (tertiary/aromatic N) is 2. The molecule has 0 radical (unpaired) electrons. The average Bonchev–Trinajstić information content (AvgIpc) is 2.73. The highest BCUT2D eigenvalue weighted by atomic mass is 16.5. The van der Waals surface area contributed by atoms with Gasteiger partial charge in [-0.1, -0.05) is 24.6 Å². The molecule has 1 fully saturated rings. The number of amides is 1. The van der Waals surface area contributed by atoms with Crippen LogP contribution in [-0.2, 0) is 0 Å². The van der Waals surface area contributed by atoms with Gasteiger partial charge in [0.2, 0.25) is 0 Å². The molecule has 1 aliphatic heterocycles. The second-order valence-electron chi connectivity index (χ2n) is 7.93. The smallest absolute Gasteiger partial charge is 0.272 e. The van der Waals surface area contributed by atoms with Crippen molar-refractivity contribution in [3.05, 3.63) is 59.8 Å². The Morgan fingerprint density at radius 2 is 2.07 bits per heavy atom. The van der Waals surface area contributed by atoms with Gasteiger partial charge < -0.3 is 15.0 Å². The number of anilines is 2. The number of methoxy groups -OCH3 is 1. The van der Waals surface area contributed by atoms with E-state index in [-0.39, 0.29) is 5.91 Å². The standard InChI is InChI=1S/C24H27N3O2/c1-16-9-10-21-20(12-16)22(25-18-7-4-8-19(13-18)29-3)14-23(26-21)24(28)27-11-5-6-17(2)15-27/h4,7-10,12-14,17H,5-6,11,15H2,1-3H3,(H,25,26). The molecule has 2 heterocycles. The summed E-state index contributed by atoms with van der Waals surface area (Å²) in [5.41, 5.74) is 4.23. The van der Waals surface area contributed by atoms with Crippen molar-refractivity contribution in [1.82, 2.24) is 9.88 Å². The van der Waals surface area contributed by atoms with E-state index in [4.69, 9.17) is 9.72 Å². The summed E-state index contributed by atoms with van der Waals surface area (Å²) in [6.07, 6.45) is 2.23. The molecule has 5 heteroatoms. The van der Waals surface area contributed by atoms with E-state index < -0.39 is 0 Å². The first-order chi connectivity index (χ1) is 14.0. The molecular formula is C24H27N3O2. The van der Waals surface area contributed by atoms with E-state index in [1.807, 2.05) is 47.4 Å². The maximum atomic E-state index is 13.2. The fraction of sp³-hybridized carbons (Fsp3) is 0.333. The van der Waals surface area contributed by atoms with Crippen molar-refractivity contribution in [1.29, 1.82) is 0 Å². The topological polar surface area (TPSA) is 54.5 Å². The number of piperidine rings is 1. The summed E-state index contributed by atoms with van der Waals surface area (Å²) >= 11 is 0. The molecule has 1 saturated heterocycles. The van der Waals surface area contributed by atoms with Crippen LogP contribution < -0.4 is 10.1 Å². The molecular weight excluding hydrogens is 362 g/mol. The Morgan fingerprint density at radius 1 is 1.21 bits per heavy atom. The molecule has 0 spiro atoms. The van der Waals surface area contributed by atoms with Crippen LogP contribution in [0.3, 0.4) is 0 Å². The Balaban J connectivity index is 1.75. The van der Waals surface area contributed by atoms with Gasteiger partial charge in [-0.15, -0.1) is 0 Å². The van der Waals surface area contributed by atoms with Crippen LogP contribution in [0.1, 0.15) is 35.8 Å². The van der Waals surface area contributed by atoms with E-state index in [1.54, 1.807) is 7.11 Å². The summed E-state index contributed by atoms with van der Waals surface area (Å²) in [6.45, 7) is 5.86. The minimum absolute atomic E-state index is 0.00715. The number of carbonyl (C=O) groups is 1. The lowest BCUT2D eigenvalue weighted by molar-refractivity contribution is 0.0677. The van der Waals surface area contributed by atoms with Crippen molar-refractivity contribution in [2.24, 2.45) is 5.92 Å². The minimum atomic E-state index is 0.00715. The van der Waals surface area contributed by atoms with Gasteiger partial charge in [0.15, 0.2) is 0 Å². The number of pyridine rings is 1. The molecule has 4 rings (SSSR count). The number of rotatable bonds is 4. The molecule has 1 aliphatic rings. The summed E-state index contributed by atoms with van der Waals surface area (Å²) < 4.78 is 5.34. The zero-order valence-corrected chi connectivity index (χ0v) is 17.2. The molecule has 29 heavy (non-hydrogen) atoms. The molecule has 1 amide bonds. The van der Waals surface area contributed by atoms with E-state index in [1.165, 1.54) is 6.42 Å². The van der Waals surface area contributed by atoms with Crippen LogP contribution in [0.25, 0.3) is 10.9 Å². The van der Waals surface area contributed by atoms with Gasteiger partial charge in [0.05, 0.1) is 18.3 Å². The Hall–Kier alpha value is -3.08. The van der Waals surface area contributed by atoms with Gasteiger partial charge in [-0.2, -0.15) is 0 Å². The molecule has 5 nitrogen and oxygen atoms in total. The quantitative estimate of drug-likeness (QED) is 0.669. The lowest BCUT2D eigenvalue weighted by Gasteiger charge is -2.30. The average molecular weight is 389 g/mol. The molecule has 2 aromatic carbocycles. The van der Waals surface area contributed by atoms with E-state index >= 15 is 0 Å². The van der Waals surface area contributed by atoms with E-state index in [9.17, 15) is 4.79 Å². The van der Waals surface area contributed by atoms with Crippen molar-refractivity contribution >= 4 is 28.2 Å². The van der Waals surface area contributed by atoms with Crippen LogP contribution in [0.4, 0.5) is 11.4 Å². The molecule has 0 aliphatic carbocycles. The number of aromatic nitrogens is 1. The minimum Gasteiger partial charge on any atom is -0.497 e. The summed E-state index contributed by atoms with van der Waals surface area (Å²) in [5.74, 6) is 1.32. The SMILES string of the molecule is COc1cccc(Nc2cc(C(=O)N3CCCC(C)C3)nc3ccc(C)cc23)c1. The largest absolute Gasteiger partial charge is 0.497 e. The molecule has 1 N–H and O–H groups in total. The Kier molecular flexibility index (Phi) is 5.38. The summed E-state index contributed by atoms with van der Waals surface area (Å²) in [5, 5.41) is 4.46. The van der Waals surface area contributed by atoms with Crippen LogP contribution >= 0.6 is 0 Å². The molecule has 150 valence electrons. The van der Waals surface area contributed by atoms with Crippen molar-refractivity contribution in [2.75, 3.05) is 25.5 Å². The van der Waals surface area contributed by atoms with Gasteiger partial charge in [0, 0.05) is 30.2 Å². The molecule has 3 aromatic rings. The van der Waals surface area contributed by atoms with Gasteiger partial charge in [-0.05, 0) is 56.0 Å². The monoisotopic (exact) mass is 389 g/mol. The fourth-order valence-corrected chi connectivity index (χ4v) is 3.94. The van der Waals surface area contributed by atoms with Gasteiger partial charge in [-0.25, -0.2) is 4.98 Å². The van der Waals surface area contributed by atoms with Gasteiger partial charge >= 0.3 is 0 Å². The molecule has 1 atom stereocenters. The van der Waals surface area contributed by atoms with Gasteiger partial charge in [0.1, 0.15) is 11.4 Å². The number of hydrogen-bond acceptors (Lipinski definition) is 4. The third-order valence-corrected chi connectivity index (χ3v) is 5.48. The number of hydrogen-bond donors (Lipinski definition) is 1. The van der Waals surface area contributed by atoms with Crippen LogP contribution in [0.2, 0.25) is 0 Å². The Bertz CT molecular complexity index is 1050. The van der Waals surface area contributed by atoms with Crippen molar-refractivity contribution < 1.29 is 9.53 Å². The van der Waals surface area contributed by atoms with Gasteiger partial charge in [-0.3, -0.25) is 4.79 Å². The second kappa shape index (κ2) is 8.11. The van der Waals surface area contributed by atoms with Crippen LogP contribution in [-0.4, -0.2) is 36.0 Å². The first-order valence-corrected chi connectivity index (χ1v) is 10.2. The molecule has 1 unspecified atom stereocenters. The maximum absolute atomic E-state index is 13.2. The number of ether oxygens (including phenoxy) is 1. The lowest BCUT2D eigenvalue weighted by Crippen LogP contribution is -2.39. The number of fused-ring (bicyclic) bond motifs is 1. The van der Waals surface area contributed by atoms with Crippen LogP contribution in [0.5, 0.6) is 5.75 Å². The summed E-state index contributed by atoms with van der Waals surface area (Å²) in [6, 6.07) is 15.8. The third kappa shape index (κ3) is 4.19. The molecule has 0 bridgehead atoms. The van der Waals surface area contributed by atoms with E-state index in [0.717, 1.165) is 53.1 Å². The van der Waals surface area contributed by atoms with Crippen LogP contribution in [0, 0.1) is 12.8 Å². The molecule has 1 aromatic heterocycles. The maximum Gasteiger partial charge on any atom is 0.272 e. The summed E-state index contributed by atoms with van der Waals surface area (Å²) in [4.78, 5) is 19.8. The zero-order chi connectivity index (χ0) is 20.4. The predicted octanol–water partition coefficient (Wildman–Crippen LogP) is 5.17. The lowest BCUT2D eigenvalue weighted by atomic mass is 10.00. The number of carbonyl (C=O) groups excluding carboxylic acids is 1. The van der Waals surface area contributed by atoms with Crippen molar-refractivity contribution in [3.8, 4) is 5.75 Å². The number of benzene rings is 2. The first-order valence-electron chi connectivity index (χ1n) is 10.2. The van der Waals surface area contributed by atoms with Crippen molar-refractivity contribution in [3.63, 3.8) is 0 Å². The van der Waals surface area contributed by atoms with E-state index in [0.29, 0.717) is 11.6 Å². The van der Waals surface area contributed by atoms with E-state index in [2.05, 4.69) is 25.2 Å². The Morgan fingerprint density at radius 3 is 2.86 bits per heavy atom. The second-order valence-corrected chi connectivity index (χ2v) is 7.93. The summed E-state index contributed by atoms with van der Waals surface area (Å²) in [7, 11) is 1.65. The fourth-order valence-electron chi connectivity index (χ4n) is 3.94. The molecule has 0 saturated carbocycles. The zero-order valence-electron chi connectivity index (χ0n) is 17.2. The number of aryl methyl sites for hydroxylation is 1. The Labute approximate surface area is 171 Å². The third-order valence-electron chi connectivity index (χ3n) is 5.48. The first kappa shape index (κ1) is 19.2.